The molecule has 0 saturated heterocycles. The summed E-state index contributed by atoms with van der Waals surface area (Å²) >= 11 is 5.90. The van der Waals surface area contributed by atoms with Crippen LogP contribution in [0.4, 0.5) is 5.69 Å². The Kier molecular flexibility index (Phi) is 4.00. The lowest BCUT2D eigenvalue weighted by molar-refractivity contribution is -0.387. The first-order chi connectivity index (χ1) is 7.36. The standard InChI is InChI=1S/C8H5Br2NO5/c9-3-1-2-4(10)6(11(15)16)5(3)7(12)8(13)14/h1-2,7,12H,(H,13,14). The fraction of sp³-hybridized carbons (Fsp3) is 0.125. The molecule has 0 heterocycles. The van der Waals surface area contributed by atoms with Crippen molar-refractivity contribution in [3.63, 3.8) is 0 Å². The minimum Gasteiger partial charge on any atom is -0.479 e. The van der Waals surface area contributed by atoms with Crippen molar-refractivity contribution >= 4 is 43.5 Å². The number of halogens is 2. The predicted octanol–water partition coefficient (Wildman–Crippen LogP) is 2.24. The van der Waals surface area contributed by atoms with Gasteiger partial charge in [0.2, 0.25) is 0 Å². The fourth-order valence-electron chi connectivity index (χ4n) is 1.13. The maximum Gasteiger partial charge on any atom is 0.337 e. The van der Waals surface area contributed by atoms with E-state index >= 15 is 0 Å². The van der Waals surface area contributed by atoms with Gasteiger partial charge in [0, 0.05) is 4.47 Å². The number of carboxylic acids is 1. The number of nitro groups is 1. The second-order valence-corrected chi connectivity index (χ2v) is 4.50. The third-order valence-electron chi connectivity index (χ3n) is 1.80. The van der Waals surface area contributed by atoms with Crippen molar-refractivity contribution in [1.82, 2.24) is 0 Å². The summed E-state index contributed by atoms with van der Waals surface area (Å²) in [6.07, 6.45) is -1.95. The largest absolute Gasteiger partial charge is 0.479 e. The molecule has 0 aliphatic heterocycles. The quantitative estimate of drug-likeness (QED) is 0.640. The highest BCUT2D eigenvalue weighted by molar-refractivity contribution is 9.11. The lowest BCUT2D eigenvalue weighted by Crippen LogP contribution is -2.13. The summed E-state index contributed by atoms with van der Waals surface area (Å²) in [6, 6.07) is 2.80. The summed E-state index contributed by atoms with van der Waals surface area (Å²) in [6.45, 7) is 0. The highest BCUT2D eigenvalue weighted by Gasteiger charge is 2.30. The lowest BCUT2D eigenvalue weighted by Gasteiger charge is -2.09. The second kappa shape index (κ2) is 4.89. The average Bonchev–Trinajstić information content (AvgIpc) is 2.19. The number of nitrogens with zero attached hydrogens (tertiary/aromatic N) is 1. The third kappa shape index (κ3) is 2.39. The fourth-order valence-corrected chi connectivity index (χ4v) is 2.15. The van der Waals surface area contributed by atoms with Crippen LogP contribution in [0.2, 0.25) is 0 Å². The highest BCUT2D eigenvalue weighted by Crippen LogP contribution is 2.37. The molecule has 2 N–H and O–H groups in total. The average molecular weight is 355 g/mol. The number of hydrogen-bond acceptors (Lipinski definition) is 4. The van der Waals surface area contributed by atoms with Crippen LogP contribution < -0.4 is 0 Å². The van der Waals surface area contributed by atoms with Gasteiger partial charge in [-0.15, -0.1) is 0 Å². The normalized spacial score (nSPS) is 12.2. The van der Waals surface area contributed by atoms with Gasteiger partial charge in [-0.2, -0.15) is 0 Å². The molecule has 0 spiro atoms. The van der Waals surface area contributed by atoms with Crippen molar-refractivity contribution in [3.8, 4) is 0 Å². The van der Waals surface area contributed by atoms with Gasteiger partial charge in [-0.3, -0.25) is 10.1 Å². The number of carbonyl (C=O) groups is 1. The van der Waals surface area contributed by atoms with E-state index in [0.29, 0.717) is 0 Å². The first-order valence-electron chi connectivity index (χ1n) is 3.89. The van der Waals surface area contributed by atoms with E-state index in [9.17, 15) is 20.0 Å². The minimum absolute atomic E-state index is 0.107. The van der Waals surface area contributed by atoms with Crippen molar-refractivity contribution in [3.05, 3.63) is 36.8 Å². The van der Waals surface area contributed by atoms with Gasteiger partial charge in [-0.25, -0.2) is 4.79 Å². The minimum atomic E-state index is -1.95. The van der Waals surface area contributed by atoms with Crippen LogP contribution in [-0.4, -0.2) is 21.1 Å². The van der Waals surface area contributed by atoms with Crippen molar-refractivity contribution < 1.29 is 19.9 Å². The third-order valence-corrected chi connectivity index (χ3v) is 3.14. The molecular formula is C8H5Br2NO5. The van der Waals surface area contributed by atoms with Crippen LogP contribution in [0.5, 0.6) is 0 Å². The molecule has 1 rings (SSSR count). The molecule has 0 fully saturated rings. The maximum atomic E-state index is 10.8. The van der Waals surface area contributed by atoms with Crippen LogP contribution in [-0.2, 0) is 4.79 Å². The molecule has 0 aliphatic rings. The van der Waals surface area contributed by atoms with E-state index < -0.39 is 22.7 Å². The van der Waals surface area contributed by atoms with Gasteiger partial charge in [0.25, 0.3) is 5.69 Å². The van der Waals surface area contributed by atoms with Gasteiger partial charge in [0.15, 0.2) is 6.10 Å². The van der Waals surface area contributed by atoms with Crippen LogP contribution in [0, 0.1) is 10.1 Å². The van der Waals surface area contributed by atoms with E-state index in [1.165, 1.54) is 12.1 Å². The molecule has 1 unspecified atom stereocenters. The number of benzene rings is 1. The smallest absolute Gasteiger partial charge is 0.337 e. The molecule has 16 heavy (non-hydrogen) atoms. The van der Waals surface area contributed by atoms with Gasteiger partial charge in [-0.05, 0) is 28.1 Å². The Morgan fingerprint density at radius 2 is 1.88 bits per heavy atom. The van der Waals surface area contributed by atoms with Crippen molar-refractivity contribution in [2.45, 2.75) is 6.10 Å². The maximum absolute atomic E-state index is 10.8. The van der Waals surface area contributed by atoms with Gasteiger partial charge < -0.3 is 10.2 Å². The molecule has 0 aliphatic carbocycles. The first-order valence-corrected chi connectivity index (χ1v) is 5.48. The number of rotatable bonds is 3. The second-order valence-electron chi connectivity index (χ2n) is 2.79. The van der Waals surface area contributed by atoms with Gasteiger partial charge in [0.1, 0.15) is 0 Å². The van der Waals surface area contributed by atoms with Crippen molar-refractivity contribution in [2.75, 3.05) is 0 Å². The molecule has 1 aromatic carbocycles. The van der Waals surface area contributed by atoms with E-state index in [0.717, 1.165) is 0 Å². The lowest BCUT2D eigenvalue weighted by atomic mass is 10.1. The summed E-state index contributed by atoms with van der Waals surface area (Å²) in [5.41, 5.74) is -0.754. The highest BCUT2D eigenvalue weighted by atomic mass is 79.9. The Hall–Kier alpha value is -0.990. The summed E-state index contributed by atoms with van der Waals surface area (Å²) in [5, 5.41) is 28.8. The van der Waals surface area contributed by atoms with Crippen LogP contribution in [0.25, 0.3) is 0 Å². The monoisotopic (exact) mass is 353 g/mol. The van der Waals surface area contributed by atoms with E-state index in [4.69, 9.17) is 5.11 Å². The predicted molar refractivity (Wildman–Crippen MR) is 61.1 cm³/mol. The van der Waals surface area contributed by atoms with Crippen molar-refractivity contribution in [2.24, 2.45) is 0 Å². The Morgan fingerprint density at radius 3 is 2.31 bits per heavy atom. The number of nitro benzene ring substituents is 1. The number of aliphatic hydroxyl groups excluding tert-OH is 1. The zero-order valence-electron chi connectivity index (χ0n) is 7.55. The molecule has 0 radical (unpaired) electrons. The molecule has 0 saturated carbocycles. The van der Waals surface area contributed by atoms with E-state index in [2.05, 4.69) is 31.9 Å². The molecule has 0 aromatic heterocycles. The molecule has 1 aromatic rings. The zero-order chi connectivity index (χ0) is 12.5. The Bertz CT molecular complexity index is 462. The number of hydrogen-bond donors (Lipinski definition) is 2. The topological polar surface area (TPSA) is 101 Å². The molecule has 86 valence electrons. The van der Waals surface area contributed by atoms with Crippen LogP contribution in [0.1, 0.15) is 11.7 Å². The van der Waals surface area contributed by atoms with Crippen molar-refractivity contribution in [1.29, 1.82) is 0 Å². The molecule has 1 atom stereocenters. The summed E-state index contributed by atoms with van der Waals surface area (Å²) in [5.74, 6) is -1.55. The number of aliphatic carboxylic acids is 1. The Labute approximate surface area is 106 Å². The number of aliphatic hydroxyl groups is 1. The summed E-state index contributed by atoms with van der Waals surface area (Å²) in [4.78, 5) is 20.6. The SMILES string of the molecule is O=C(O)C(O)c1c(Br)ccc(Br)c1[N+](=O)[O-]. The molecular weight excluding hydrogens is 350 g/mol. The van der Waals surface area contributed by atoms with Gasteiger partial charge >= 0.3 is 5.97 Å². The van der Waals surface area contributed by atoms with Gasteiger partial charge in [-0.1, -0.05) is 15.9 Å². The van der Waals surface area contributed by atoms with E-state index in [1.54, 1.807) is 0 Å². The molecule has 6 nitrogen and oxygen atoms in total. The van der Waals surface area contributed by atoms with Crippen LogP contribution in [0.3, 0.4) is 0 Å². The molecule has 0 amide bonds. The summed E-state index contributed by atoms with van der Waals surface area (Å²) < 4.78 is 0.272. The van der Waals surface area contributed by atoms with E-state index in [1.807, 2.05) is 0 Å². The Morgan fingerprint density at radius 1 is 1.38 bits per heavy atom. The first kappa shape index (κ1) is 13.1. The molecule has 0 bridgehead atoms. The van der Waals surface area contributed by atoms with Crippen LogP contribution >= 0.6 is 31.9 Å². The summed E-state index contributed by atoms with van der Waals surface area (Å²) in [7, 11) is 0. The Balaban J connectivity index is 3.52. The zero-order valence-corrected chi connectivity index (χ0v) is 10.7. The molecule has 8 heteroatoms. The van der Waals surface area contributed by atoms with Crippen LogP contribution in [0.15, 0.2) is 21.1 Å². The number of carboxylic acid groups (broad SMARTS) is 1. The van der Waals surface area contributed by atoms with Gasteiger partial charge in [0.05, 0.1) is 15.0 Å². The van der Waals surface area contributed by atoms with E-state index in [-0.39, 0.29) is 14.5 Å².